The Bertz CT molecular complexity index is 878. The lowest BCUT2D eigenvalue weighted by Gasteiger charge is -2.44. The fourth-order valence-electron chi connectivity index (χ4n) is 6.40. The summed E-state index contributed by atoms with van der Waals surface area (Å²) >= 11 is 0. The fraction of sp³-hybridized carbons (Fsp3) is 0.861. The second-order valence-electron chi connectivity index (χ2n) is 14.4. The molecule has 2 rings (SSSR count). The molecule has 8 nitrogen and oxygen atoms in total. The molecule has 2 fully saturated rings. The number of allylic oxidation sites excluding steroid dienone is 2. The van der Waals surface area contributed by atoms with Crippen molar-refractivity contribution < 1.29 is 29.0 Å². The van der Waals surface area contributed by atoms with Gasteiger partial charge in [0.15, 0.2) is 5.79 Å². The molecule has 2 amide bonds. The summed E-state index contributed by atoms with van der Waals surface area (Å²) in [7, 11) is 0. The number of aliphatic carboxylic acids is 1. The lowest BCUT2D eigenvalue weighted by molar-refractivity contribution is -0.304. The van der Waals surface area contributed by atoms with E-state index >= 15 is 0 Å². The van der Waals surface area contributed by atoms with Gasteiger partial charge in [0, 0.05) is 24.4 Å². The third kappa shape index (κ3) is 14.9. The molecule has 0 aromatic carbocycles. The lowest BCUT2D eigenvalue weighted by atomic mass is 9.78. The molecule has 0 aromatic heterocycles. The maximum Gasteiger partial charge on any atom is 0.308 e. The number of unbranched alkanes of at least 4 members (excludes halogenated alkanes) is 11. The van der Waals surface area contributed by atoms with Crippen LogP contribution in [0.15, 0.2) is 12.2 Å². The SMILES string of the molecule is CCCCCCCCC=CCCCCCCCC(=O)NC1CCC(C(CNC(=O)C2OC(C)(C)OCC2(C)C)C(=O)O)CC1. The van der Waals surface area contributed by atoms with Crippen molar-refractivity contribution in [1.29, 1.82) is 0 Å². The summed E-state index contributed by atoms with van der Waals surface area (Å²) in [5.74, 6) is -2.65. The molecule has 44 heavy (non-hydrogen) atoms. The van der Waals surface area contributed by atoms with Gasteiger partial charge in [0.2, 0.25) is 11.8 Å². The molecule has 1 heterocycles. The Hall–Kier alpha value is -1.93. The predicted molar refractivity (Wildman–Crippen MR) is 176 cm³/mol. The van der Waals surface area contributed by atoms with Gasteiger partial charge in [-0.2, -0.15) is 0 Å². The Morgan fingerprint density at radius 1 is 0.841 bits per heavy atom. The Morgan fingerprint density at radius 2 is 1.41 bits per heavy atom. The second-order valence-corrected chi connectivity index (χ2v) is 14.4. The molecule has 1 aliphatic heterocycles. The van der Waals surface area contributed by atoms with E-state index in [1.807, 2.05) is 13.8 Å². The minimum absolute atomic E-state index is 0.0357. The van der Waals surface area contributed by atoms with Crippen LogP contribution in [-0.2, 0) is 23.9 Å². The number of hydrogen-bond donors (Lipinski definition) is 3. The summed E-state index contributed by atoms with van der Waals surface area (Å²) in [5, 5.41) is 16.0. The van der Waals surface area contributed by atoms with Crippen molar-refractivity contribution in [3.05, 3.63) is 12.2 Å². The molecule has 1 saturated carbocycles. The van der Waals surface area contributed by atoms with E-state index < -0.39 is 29.2 Å². The molecule has 1 aliphatic carbocycles. The molecule has 2 aliphatic rings. The van der Waals surface area contributed by atoms with Crippen molar-refractivity contribution in [2.45, 2.75) is 168 Å². The maximum absolute atomic E-state index is 13.0. The number of carboxylic acid groups (broad SMARTS) is 1. The quantitative estimate of drug-likeness (QED) is 0.0895. The number of rotatable bonds is 21. The summed E-state index contributed by atoms with van der Waals surface area (Å²) < 4.78 is 11.6. The first-order chi connectivity index (χ1) is 20.9. The number of amides is 2. The highest BCUT2D eigenvalue weighted by Gasteiger charge is 2.46. The van der Waals surface area contributed by atoms with Gasteiger partial charge < -0.3 is 25.2 Å². The van der Waals surface area contributed by atoms with Crippen LogP contribution in [-0.4, -0.2) is 54.0 Å². The molecule has 2 atom stereocenters. The molecular formula is C36H64N2O6. The van der Waals surface area contributed by atoms with Gasteiger partial charge in [0.1, 0.15) is 6.10 Å². The highest BCUT2D eigenvalue weighted by Crippen LogP contribution is 2.35. The van der Waals surface area contributed by atoms with E-state index in [9.17, 15) is 19.5 Å². The van der Waals surface area contributed by atoms with E-state index in [4.69, 9.17) is 9.47 Å². The lowest BCUT2D eigenvalue weighted by Crippen LogP contribution is -2.57. The van der Waals surface area contributed by atoms with Crippen molar-refractivity contribution >= 4 is 17.8 Å². The summed E-state index contributed by atoms with van der Waals surface area (Å²) in [5.41, 5.74) is -0.515. The van der Waals surface area contributed by atoms with E-state index in [1.165, 1.54) is 64.2 Å². The zero-order valence-electron chi connectivity index (χ0n) is 28.6. The average Bonchev–Trinajstić information content (AvgIpc) is 2.97. The molecule has 0 radical (unpaired) electrons. The number of carbonyl (C=O) groups excluding carboxylic acids is 2. The Kier molecular flexibility index (Phi) is 17.6. The van der Waals surface area contributed by atoms with Gasteiger partial charge in [0.05, 0.1) is 12.5 Å². The summed E-state index contributed by atoms with van der Waals surface area (Å²) in [6.45, 7) is 10.1. The van der Waals surface area contributed by atoms with Crippen LogP contribution in [0.5, 0.6) is 0 Å². The van der Waals surface area contributed by atoms with Crippen molar-refractivity contribution in [1.82, 2.24) is 10.6 Å². The molecule has 1 saturated heterocycles. The Balaban J connectivity index is 1.56. The third-order valence-corrected chi connectivity index (χ3v) is 9.33. The van der Waals surface area contributed by atoms with E-state index in [2.05, 4.69) is 29.7 Å². The van der Waals surface area contributed by atoms with E-state index in [1.54, 1.807) is 13.8 Å². The van der Waals surface area contributed by atoms with Crippen LogP contribution in [0.25, 0.3) is 0 Å². The highest BCUT2D eigenvalue weighted by molar-refractivity contribution is 5.82. The van der Waals surface area contributed by atoms with Gasteiger partial charge in [0.25, 0.3) is 0 Å². The number of carboxylic acids is 1. The van der Waals surface area contributed by atoms with Crippen LogP contribution < -0.4 is 10.6 Å². The van der Waals surface area contributed by atoms with Crippen LogP contribution in [0, 0.1) is 17.3 Å². The molecule has 8 heteroatoms. The molecule has 3 N–H and O–H groups in total. The van der Waals surface area contributed by atoms with Gasteiger partial charge in [-0.05, 0) is 77.6 Å². The van der Waals surface area contributed by atoms with Gasteiger partial charge in [-0.15, -0.1) is 0 Å². The Morgan fingerprint density at radius 3 is 2.00 bits per heavy atom. The molecule has 0 bridgehead atoms. The fourth-order valence-corrected chi connectivity index (χ4v) is 6.40. The zero-order valence-corrected chi connectivity index (χ0v) is 28.6. The molecule has 0 aromatic rings. The van der Waals surface area contributed by atoms with Crippen LogP contribution in [0.4, 0.5) is 0 Å². The van der Waals surface area contributed by atoms with E-state index in [-0.39, 0.29) is 30.3 Å². The van der Waals surface area contributed by atoms with Gasteiger partial charge in [-0.1, -0.05) is 84.3 Å². The number of carbonyl (C=O) groups is 3. The standard InChI is InChI=1S/C36H64N2O6/c1-6-7-8-9-10-11-12-13-14-15-16-17-18-19-20-21-31(39)38-29-24-22-28(23-25-29)30(34(41)42)26-37-33(40)32-35(2,3)27-43-36(4,5)44-32/h13-14,28-30,32H,6-12,15-27H2,1-5H3,(H,37,40)(H,38,39)(H,41,42). The minimum Gasteiger partial charge on any atom is -0.481 e. The van der Waals surface area contributed by atoms with E-state index in [0.29, 0.717) is 13.0 Å². The first kappa shape index (κ1) is 38.3. The van der Waals surface area contributed by atoms with Crippen LogP contribution in [0.1, 0.15) is 150 Å². The summed E-state index contributed by atoms with van der Waals surface area (Å²) in [6.07, 6.45) is 23.6. The first-order valence-electron chi connectivity index (χ1n) is 17.7. The molecule has 2 unspecified atom stereocenters. The van der Waals surface area contributed by atoms with Crippen LogP contribution in [0.2, 0.25) is 0 Å². The van der Waals surface area contributed by atoms with Crippen LogP contribution in [0.3, 0.4) is 0 Å². The first-order valence-corrected chi connectivity index (χ1v) is 17.7. The minimum atomic E-state index is -0.894. The smallest absolute Gasteiger partial charge is 0.308 e. The Labute approximate surface area is 267 Å². The maximum atomic E-state index is 13.0. The van der Waals surface area contributed by atoms with Crippen molar-refractivity contribution in [2.24, 2.45) is 17.3 Å². The molecule has 254 valence electrons. The number of hydrogen-bond acceptors (Lipinski definition) is 5. The summed E-state index contributed by atoms with van der Waals surface area (Å²) in [6, 6.07) is 0.101. The van der Waals surface area contributed by atoms with Crippen molar-refractivity contribution in [2.75, 3.05) is 13.2 Å². The number of nitrogens with one attached hydrogen (secondary N) is 2. The monoisotopic (exact) mass is 620 g/mol. The number of ether oxygens (including phenoxy) is 2. The second kappa shape index (κ2) is 20.2. The van der Waals surface area contributed by atoms with Gasteiger partial charge >= 0.3 is 5.97 Å². The van der Waals surface area contributed by atoms with Crippen molar-refractivity contribution in [3.63, 3.8) is 0 Å². The topological polar surface area (TPSA) is 114 Å². The van der Waals surface area contributed by atoms with E-state index in [0.717, 1.165) is 44.9 Å². The summed E-state index contributed by atoms with van der Waals surface area (Å²) in [4.78, 5) is 37.6. The largest absolute Gasteiger partial charge is 0.481 e. The van der Waals surface area contributed by atoms with Gasteiger partial charge in [-0.3, -0.25) is 14.4 Å². The normalized spacial score (nSPS) is 23.7. The molecular weight excluding hydrogens is 556 g/mol. The van der Waals surface area contributed by atoms with Crippen molar-refractivity contribution in [3.8, 4) is 0 Å². The van der Waals surface area contributed by atoms with Gasteiger partial charge in [-0.25, -0.2) is 0 Å². The molecule has 0 spiro atoms. The van der Waals surface area contributed by atoms with Crippen LogP contribution >= 0.6 is 0 Å². The third-order valence-electron chi connectivity index (χ3n) is 9.33. The zero-order chi connectivity index (χ0) is 32.4. The predicted octanol–water partition coefficient (Wildman–Crippen LogP) is 7.69. The highest BCUT2D eigenvalue weighted by atomic mass is 16.7. The average molecular weight is 621 g/mol.